The number of nitrogens with one attached hydrogen (secondary N) is 2. The predicted molar refractivity (Wildman–Crippen MR) is 103 cm³/mol. The van der Waals surface area contributed by atoms with Crippen molar-refractivity contribution in [3.8, 4) is 0 Å². The summed E-state index contributed by atoms with van der Waals surface area (Å²) < 4.78 is 5.31. The van der Waals surface area contributed by atoms with E-state index in [1.165, 1.54) is 12.3 Å². The molecule has 0 bridgehead atoms. The average Bonchev–Trinajstić information content (AvgIpc) is 2.69. The van der Waals surface area contributed by atoms with E-state index in [1.54, 1.807) is 6.07 Å². The van der Waals surface area contributed by atoms with Gasteiger partial charge in [0.15, 0.2) is 0 Å². The molecule has 7 nitrogen and oxygen atoms in total. The predicted octanol–water partition coefficient (Wildman–Crippen LogP) is 1.70. The van der Waals surface area contributed by atoms with Crippen LogP contribution in [0, 0.1) is 6.92 Å². The van der Waals surface area contributed by atoms with Gasteiger partial charge in [-0.25, -0.2) is 0 Å². The smallest absolute Gasteiger partial charge is 0.274 e. The summed E-state index contributed by atoms with van der Waals surface area (Å²) in [6, 6.07) is 10.6. The Hall–Kier alpha value is -2.77. The number of carbonyl (C=O) groups is 2. The van der Waals surface area contributed by atoms with Gasteiger partial charge in [-0.2, -0.15) is 0 Å². The van der Waals surface area contributed by atoms with E-state index in [2.05, 4.69) is 20.5 Å². The fraction of sp³-hybridized carbons (Fsp3) is 0.350. The van der Waals surface area contributed by atoms with E-state index in [9.17, 15) is 9.59 Å². The summed E-state index contributed by atoms with van der Waals surface area (Å²) in [4.78, 5) is 31.1. The minimum Gasteiger partial charge on any atom is -0.379 e. The van der Waals surface area contributed by atoms with Gasteiger partial charge in [0.05, 0.1) is 13.2 Å². The Morgan fingerprint density at radius 2 is 1.96 bits per heavy atom. The molecule has 2 amide bonds. The molecular weight excluding hydrogens is 344 g/mol. The molecular formula is C20H24N4O3. The van der Waals surface area contributed by atoms with Crippen molar-refractivity contribution in [3.63, 3.8) is 0 Å². The first-order chi connectivity index (χ1) is 13.1. The van der Waals surface area contributed by atoms with Gasteiger partial charge in [-0.1, -0.05) is 12.1 Å². The van der Waals surface area contributed by atoms with Gasteiger partial charge in [0.2, 0.25) is 0 Å². The van der Waals surface area contributed by atoms with Crippen LogP contribution in [0.15, 0.2) is 42.6 Å². The van der Waals surface area contributed by atoms with Crippen LogP contribution >= 0.6 is 0 Å². The van der Waals surface area contributed by atoms with Crippen LogP contribution in [0.25, 0.3) is 0 Å². The number of hydrogen-bond acceptors (Lipinski definition) is 5. The average molecular weight is 368 g/mol. The Bertz CT molecular complexity index is 803. The lowest BCUT2D eigenvalue weighted by Crippen LogP contribution is -2.41. The maximum Gasteiger partial charge on any atom is 0.274 e. The fourth-order valence-corrected chi connectivity index (χ4v) is 2.87. The molecule has 2 N–H and O–H groups in total. The number of hydrogen-bond donors (Lipinski definition) is 2. The highest BCUT2D eigenvalue weighted by Gasteiger charge is 2.13. The standard InChI is InChI=1S/C20H24N4O3/c1-15-3-2-4-17(13-15)23-20(26)18-14-16(5-6-21-18)19(25)22-7-8-24-9-11-27-12-10-24/h2-6,13-14H,7-12H2,1H3,(H,22,25)(H,23,26). The van der Waals surface area contributed by atoms with Crippen molar-refractivity contribution in [2.45, 2.75) is 6.92 Å². The zero-order valence-corrected chi connectivity index (χ0v) is 15.4. The molecule has 142 valence electrons. The number of aromatic nitrogens is 1. The third-order valence-electron chi connectivity index (χ3n) is 4.35. The number of anilines is 1. The van der Waals surface area contributed by atoms with E-state index in [-0.39, 0.29) is 17.5 Å². The quantitative estimate of drug-likeness (QED) is 0.811. The molecule has 2 heterocycles. The molecule has 0 radical (unpaired) electrons. The summed E-state index contributed by atoms with van der Waals surface area (Å²) in [5.74, 6) is -0.557. The molecule has 7 heteroatoms. The Kier molecular flexibility index (Phi) is 6.51. The van der Waals surface area contributed by atoms with E-state index in [1.807, 2.05) is 31.2 Å². The van der Waals surface area contributed by atoms with Gasteiger partial charge < -0.3 is 15.4 Å². The molecule has 0 spiro atoms. The molecule has 1 aliphatic rings. The van der Waals surface area contributed by atoms with Crippen molar-refractivity contribution in [3.05, 3.63) is 59.4 Å². The Balaban J connectivity index is 1.55. The fourth-order valence-electron chi connectivity index (χ4n) is 2.87. The molecule has 0 saturated carbocycles. The molecule has 0 atom stereocenters. The SMILES string of the molecule is Cc1cccc(NC(=O)c2cc(C(=O)NCCN3CCOCC3)ccn2)c1. The lowest BCUT2D eigenvalue weighted by atomic mass is 10.2. The van der Waals surface area contributed by atoms with Crippen molar-refractivity contribution < 1.29 is 14.3 Å². The van der Waals surface area contributed by atoms with Crippen LogP contribution in [-0.4, -0.2) is 61.1 Å². The third kappa shape index (κ3) is 5.60. The van der Waals surface area contributed by atoms with Gasteiger partial charge in [-0.15, -0.1) is 0 Å². The van der Waals surface area contributed by atoms with Crippen molar-refractivity contribution in [2.75, 3.05) is 44.7 Å². The van der Waals surface area contributed by atoms with E-state index in [0.717, 1.165) is 38.4 Å². The number of morpholine rings is 1. The second kappa shape index (κ2) is 9.25. The van der Waals surface area contributed by atoms with Gasteiger partial charge in [-0.3, -0.25) is 19.5 Å². The molecule has 0 unspecified atom stereocenters. The Morgan fingerprint density at radius 1 is 1.15 bits per heavy atom. The third-order valence-corrected chi connectivity index (χ3v) is 4.35. The molecule has 1 fully saturated rings. The first-order valence-corrected chi connectivity index (χ1v) is 9.04. The number of benzene rings is 1. The maximum absolute atomic E-state index is 12.4. The van der Waals surface area contributed by atoms with Crippen molar-refractivity contribution in [1.29, 1.82) is 0 Å². The monoisotopic (exact) mass is 368 g/mol. The van der Waals surface area contributed by atoms with E-state index < -0.39 is 0 Å². The number of aryl methyl sites for hydroxylation is 1. The minimum absolute atomic E-state index is 0.206. The highest BCUT2D eigenvalue weighted by atomic mass is 16.5. The van der Waals surface area contributed by atoms with E-state index >= 15 is 0 Å². The first-order valence-electron chi connectivity index (χ1n) is 9.04. The normalized spacial score (nSPS) is 14.6. The first kappa shape index (κ1) is 19.0. The van der Waals surface area contributed by atoms with Crippen LogP contribution in [-0.2, 0) is 4.74 Å². The van der Waals surface area contributed by atoms with Crippen LogP contribution in [0.3, 0.4) is 0 Å². The second-order valence-corrected chi connectivity index (χ2v) is 6.46. The zero-order valence-electron chi connectivity index (χ0n) is 15.4. The number of rotatable bonds is 6. The maximum atomic E-state index is 12.4. The summed E-state index contributed by atoms with van der Waals surface area (Å²) in [5.41, 5.74) is 2.37. The Morgan fingerprint density at radius 3 is 2.74 bits per heavy atom. The van der Waals surface area contributed by atoms with E-state index in [4.69, 9.17) is 4.74 Å². The number of ether oxygens (including phenoxy) is 1. The van der Waals surface area contributed by atoms with Gasteiger partial charge in [0.1, 0.15) is 5.69 Å². The van der Waals surface area contributed by atoms with Crippen LogP contribution in [0.4, 0.5) is 5.69 Å². The summed E-state index contributed by atoms with van der Waals surface area (Å²) in [6.45, 7) is 6.51. The van der Waals surface area contributed by atoms with E-state index in [0.29, 0.717) is 17.8 Å². The summed E-state index contributed by atoms with van der Waals surface area (Å²) in [5, 5.41) is 5.69. The summed E-state index contributed by atoms with van der Waals surface area (Å²) >= 11 is 0. The van der Waals surface area contributed by atoms with Gasteiger partial charge in [0.25, 0.3) is 11.8 Å². The number of pyridine rings is 1. The highest BCUT2D eigenvalue weighted by molar-refractivity contribution is 6.04. The second-order valence-electron chi connectivity index (χ2n) is 6.46. The summed E-state index contributed by atoms with van der Waals surface area (Å²) in [6.07, 6.45) is 1.47. The number of carbonyl (C=O) groups excluding carboxylic acids is 2. The number of nitrogens with zero attached hydrogens (tertiary/aromatic N) is 2. The van der Waals surface area contributed by atoms with Crippen molar-refractivity contribution >= 4 is 17.5 Å². The van der Waals surface area contributed by atoms with Gasteiger partial charge in [-0.05, 0) is 36.8 Å². The molecule has 3 rings (SSSR count). The number of amides is 2. The van der Waals surface area contributed by atoms with Crippen LogP contribution < -0.4 is 10.6 Å². The van der Waals surface area contributed by atoms with Crippen LogP contribution in [0.2, 0.25) is 0 Å². The highest BCUT2D eigenvalue weighted by Crippen LogP contribution is 2.11. The molecule has 1 aromatic carbocycles. The van der Waals surface area contributed by atoms with Crippen molar-refractivity contribution in [1.82, 2.24) is 15.2 Å². The lowest BCUT2D eigenvalue weighted by Gasteiger charge is -2.26. The zero-order chi connectivity index (χ0) is 19.1. The molecule has 2 aromatic rings. The van der Waals surface area contributed by atoms with Gasteiger partial charge in [0, 0.05) is 43.6 Å². The molecule has 1 aliphatic heterocycles. The van der Waals surface area contributed by atoms with Crippen LogP contribution in [0.5, 0.6) is 0 Å². The van der Waals surface area contributed by atoms with Crippen LogP contribution in [0.1, 0.15) is 26.4 Å². The lowest BCUT2D eigenvalue weighted by molar-refractivity contribution is 0.0383. The topological polar surface area (TPSA) is 83.6 Å². The molecule has 1 saturated heterocycles. The minimum atomic E-state index is -0.344. The largest absolute Gasteiger partial charge is 0.379 e. The summed E-state index contributed by atoms with van der Waals surface area (Å²) in [7, 11) is 0. The molecule has 27 heavy (non-hydrogen) atoms. The molecule has 1 aromatic heterocycles. The van der Waals surface area contributed by atoms with Gasteiger partial charge >= 0.3 is 0 Å². The molecule has 0 aliphatic carbocycles. The van der Waals surface area contributed by atoms with Crippen molar-refractivity contribution in [2.24, 2.45) is 0 Å². The Labute approximate surface area is 158 Å².